The summed E-state index contributed by atoms with van der Waals surface area (Å²) in [5.74, 6) is 0.906. The van der Waals surface area contributed by atoms with Gasteiger partial charge in [0.2, 0.25) is 0 Å². The fraction of sp³-hybridized carbons (Fsp3) is 0.800. The Balaban J connectivity index is 1.69. The van der Waals surface area contributed by atoms with Crippen LogP contribution in [0, 0.1) is 11.3 Å². The molecule has 1 aromatic rings. The van der Waals surface area contributed by atoms with E-state index in [1.807, 2.05) is 0 Å². The predicted octanol–water partition coefficient (Wildman–Crippen LogP) is 2.40. The van der Waals surface area contributed by atoms with E-state index in [2.05, 4.69) is 11.9 Å². The topological polar surface area (TPSA) is 55.2 Å². The van der Waals surface area contributed by atoms with Crippen molar-refractivity contribution in [1.82, 2.24) is 13.9 Å². The third-order valence-electron chi connectivity index (χ3n) is 5.24. The molecule has 1 aromatic heterocycles. The Kier molecular flexibility index (Phi) is 3.86. The molecule has 0 atom stereocenters. The van der Waals surface area contributed by atoms with Gasteiger partial charge in [-0.1, -0.05) is 26.2 Å². The van der Waals surface area contributed by atoms with E-state index >= 15 is 0 Å². The molecule has 0 bridgehead atoms. The van der Waals surface area contributed by atoms with E-state index in [4.69, 9.17) is 0 Å². The van der Waals surface area contributed by atoms with Crippen LogP contribution in [0.4, 0.5) is 0 Å². The largest absolute Gasteiger partial charge is 0.339 e. The molecule has 21 heavy (non-hydrogen) atoms. The molecule has 2 heterocycles. The number of piperidine rings is 1. The molecule has 1 saturated carbocycles. The van der Waals surface area contributed by atoms with Crippen molar-refractivity contribution in [3.63, 3.8) is 0 Å². The number of hydrogen-bond acceptors (Lipinski definition) is 3. The van der Waals surface area contributed by atoms with Crippen molar-refractivity contribution in [3.05, 3.63) is 12.5 Å². The van der Waals surface area contributed by atoms with Crippen LogP contribution in [0.3, 0.4) is 0 Å². The molecule has 0 unspecified atom stereocenters. The SMILES string of the molecule is CCC1(CC2CC2)CCN(S(=O)(=O)c2cn(C)cn2)CC1. The summed E-state index contributed by atoms with van der Waals surface area (Å²) in [4.78, 5) is 4.01. The molecule has 0 N–H and O–H groups in total. The lowest BCUT2D eigenvalue weighted by atomic mass is 9.73. The number of hydrogen-bond donors (Lipinski definition) is 0. The van der Waals surface area contributed by atoms with Crippen molar-refractivity contribution in [2.45, 2.75) is 50.5 Å². The molecule has 2 aliphatic rings. The molecular formula is C15H25N3O2S. The van der Waals surface area contributed by atoms with Crippen molar-refractivity contribution in [3.8, 4) is 0 Å². The molecule has 6 heteroatoms. The number of rotatable bonds is 5. The summed E-state index contributed by atoms with van der Waals surface area (Å²) in [5, 5.41) is 0.177. The first-order valence-electron chi connectivity index (χ1n) is 7.93. The average molecular weight is 311 g/mol. The highest BCUT2D eigenvalue weighted by Crippen LogP contribution is 2.47. The number of nitrogens with zero attached hydrogens (tertiary/aromatic N) is 3. The van der Waals surface area contributed by atoms with Crippen LogP contribution in [0.25, 0.3) is 0 Å². The van der Waals surface area contributed by atoms with E-state index in [0.29, 0.717) is 18.5 Å². The van der Waals surface area contributed by atoms with Gasteiger partial charge in [0, 0.05) is 26.3 Å². The molecule has 0 amide bonds. The van der Waals surface area contributed by atoms with E-state index in [1.165, 1.54) is 25.7 Å². The molecule has 1 saturated heterocycles. The number of sulfonamides is 1. The third kappa shape index (κ3) is 3.01. The van der Waals surface area contributed by atoms with E-state index in [0.717, 1.165) is 18.8 Å². The van der Waals surface area contributed by atoms with Crippen molar-refractivity contribution < 1.29 is 8.42 Å². The minimum atomic E-state index is -3.41. The maximum atomic E-state index is 12.6. The van der Waals surface area contributed by atoms with Crippen LogP contribution >= 0.6 is 0 Å². The summed E-state index contributed by atoms with van der Waals surface area (Å²) in [6.45, 7) is 3.53. The van der Waals surface area contributed by atoms with Gasteiger partial charge in [0.05, 0.1) is 6.33 Å². The molecule has 0 aromatic carbocycles. The summed E-state index contributed by atoms with van der Waals surface area (Å²) >= 11 is 0. The predicted molar refractivity (Wildman–Crippen MR) is 81.3 cm³/mol. The zero-order valence-electron chi connectivity index (χ0n) is 13.0. The minimum absolute atomic E-state index is 0.177. The molecule has 0 radical (unpaired) electrons. The Labute approximate surface area is 127 Å². The van der Waals surface area contributed by atoms with E-state index in [1.54, 1.807) is 28.4 Å². The van der Waals surface area contributed by atoms with Gasteiger partial charge in [0.15, 0.2) is 5.03 Å². The third-order valence-corrected chi connectivity index (χ3v) is 7.02. The highest BCUT2D eigenvalue weighted by atomic mass is 32.2. The molecule has 5 nitrogen and oxygen atoms in total. The Morgan fingerprint density at radius 2 is 2.00 bits per heavy atom. The minimum Gasteiger partial charge on any atom is -0.339 e. The van der Waals surface area contributed by atoms with Gasteiger partial charge in [-0.15, -0.1) is 0 Å². The van der Waals surface area contributed by atoms with Gasteiger partial charge in [-0.3, -0.25) is 0 Å². The number of imidazole rings is 1. The van der Waals surface area contributed by atoms with Crippen LogP contribution in [-0.2, 0) is 17.1 Å². The molecule has 1 aliphatic heterocycles. The fourth-order valence-corrected chi connectivity index (χ4v) is 4.90. The van der Waals surface area contributed by atoms with Crippen molar-refractivity contribution in [2.75, 3.05) is 13.1 Å². The lowest BCUT2D eigenvalue weighted by molar-refractivity contribution is 0.127. The molecule has 2 fully saturated rings. The molecule has 1 aliphatic carbocycles. The second-order valence-corrected chi connectivity index (χ2v) is 8.67. The second kappa shape index (κ2) is 5.39. The quantitative estimate of drug-likeness (QED) is 0.839. The summed E-state index contributed by atoms with van der Waals surface area (Å²) in [6, 6.07) is 0. The van der Waals surface area contributed by atoms with Gasteiger partial charge < -0.3 is 4.57 Å². The van der Waals surface area contributed by atoms with Crippen LogP contribution in [0.1, 0.15) is 45.4 Å². The zero-order valence-corrected chi connectivity index (χ0v) is 13.8. The van der Waals surface area contributed by atoms with Gasteiger partial charge in [-0.25, -0.2) is 13.4 Å². The van der Waals surface area contributed by atoms with Crippen molar-refractivity contribution >= 4 is 10.0 Å². The second-order valence-electron chi connectivity index (χ2n) is 6.78. The Morgan fingerprint density at radius 3 is 2.48 bits per heavy atom. The molecule has 3 rings (SSSR count). The first-order valence-corrected chi connectivity index (χ1v) is 9.37. The maximum Gasteiger partial charge on any atom is 0.262 e. The standard InChI is InChI=1S/C15H25N3O2S/c1-3-15(10-13-4-5-13)6-8-18(9-7-15)21(19,20)14-11-17(2)12-16-14/h11-13H,3-10H2,1-2H3. The molecule has 118 valence electrons. The Bertz CT molecular complexity index is 596. The lowest BCUT2D eigenvalue weighted by Crippen LogP contribution is -2.43. The van der Waals surface area contributed by atoms with Crippen molar-refractivity contribution in [1.29, 1.82) is 0 Å². The summed E-state index contributed by atoms with van der Waals surface area (Å²) in [7, 11) is -1.62. The van der Waals surface area contributed by atoms with E-state index in [9.17, 15) is 8.42 Å². The number of aromatic nitrogens is 2. The van der Waals surface area contributed by atoms with Crippen LogP contribution in [0.2, 0.25) is 0 Å². The van der Waals surface area contributed by atoms with Crippen LogP contribution in [0.5, 0.6) is 0 Å². The van der Waals surface area contributed by atoms with Gasteiger partial charge in [-0.05, 0) is 30.6 Å². The van der Waals surface area contributed by atoms with E-state index < -0.39 is 10.0 Å². The normalized spacial score (nSPS) is 23.3. The van der Waals surface area contributed by atoms with Gasteiger partial charge in [0.1, 0.15) is 0 Å². The molecular weight excluding hydrogens is 286 g/mol. The highest BCUT2D eigenvalue weighted by Gasteiger charge is 2.41. The van der Waals surface area contributed by atoms with Crippen LogP contribution in [-0.4, -0.2) is 35.4 Å². The van der Waals surface area contributed by atoms with Crippen LogP contribution < -0.4 is 0 Å². The smallest absolute Gasteiger partial charge is 0.262 e. The first kappa shape index (κ1) is 15.0. The van der Waals surface area contributed by atoms with E-state index in [-0.39, 0.29) is 5.03 Å². The summed E-state index contributed by atoms with van der Waals surface area (Å²) < 4.78 is 28.5. The lowest BCUT2D eigenvalue weighted by Gasteiger charge is -2.41. The Hall–Kier alpha value is -0.880. The monoisotopic (exact) mass is 311 g/mol. The fourth-order valence-electron chi connectivity index (χ4n) is 3.49. The van der Waals surface area contributed by atoms with Gasteiger partial charge in [0.25, 0.3) is 10.0 Å². The van der Waals surface area contributed by atoms with Crippen molar-refractivity contribution in [2.24, 2.45) is 18.4 Å². The Morgan fingerprint density at radius 1 is 1.33 bits per heavy atom. The first-order chi connectivity index (χ1) is 9.95. The van der Waals surface area contributed by atoms with Gasteiger partial charge in [-0.2, -0.15) is 4.31 Å². The zero-order chi connectivity index (χ0) is 15.1. The summed E-state index contributed by atoms with van der Waals surface area (Å²) in [5.41, 5.74) is 0.372. The highest BCUT2D eigenvalue weighted by molar-refractivity contribution is 7.89. The van der Waals surface area contributed by atoms with Crippen LogP contribution in [0.15, 0.2) is 17.6 Å². The molecule has 0 spiro atoms. The number of aryl methyl sites for hydroxylation is 1. The van der Waals surface area contributed by atoms with Gasteiger partial charge >= 0.3 is 0 Å². The summed E-state index contributed by atoms with van der Waals surface area (Å²) in [6.07, 6.45) is 10.3. The average Bonchev–Trinajstić information content (AvgIpc) is 3.16. The maximum absolute atomic E-state index is 12.6.